The van der Waals surface area contributed by atoms with Crippen molar-refractivity contribution in [1.82, 2.24) is 20.3 Å². The van der Waals surface area contributed by atoms with Crippen molar-refractivity contribution < 1.29 is 13.2 Å². The molecule has 0 aliphatic carbocycles. The van der Waals surface area contributed by atoms with Crippen LogP contribution in [-0.2, 0) is 25.6 Å². The Labute approximate surface area is 119 Å². The van der Waals surface area contributed by atoms with Gasteiger partial charge in [-0.15, -0.1) is 0 Å². The van der Waals surface area contributed by atoms with Gasteiger partial charge >= 0.3 is 6.18 Å². The molecule has 21 heavy (non-hydrogen) atoms. The van der Waals surface area contributed by atoms with Crippen molar-refractivity contribution in [3.8, 4) is 0 Å². The van der Waals surface area contributed by atoms with E-state index in [4.69, 9.17) is 0 Å². The minimum absolute atomic E-state index is 0.166. The standard InChI is InChI=1S/C14H13F3N4/c15-14(16,17)13-10-8-19-6-3-11(10)20-12(21-13)7-9-1-4-18-5-2-9/h1-2,4-5,19H,3,6-8H2. The van der Waals surface area contributed by atoms with Crippen LogP contribution in [0.1, 0.15) is 28.3 Å². The highest BCUT2D eigenvalue weighted by atomic mass is 19.4. The van der Waals surface area contributed by atoms with E-state index in [9.17, 15) is 13.2 Å². The summed E-state index contributed by atoms with van der Waals surface area (Å²) < 4.78 is 39.5. The van der Waals surface area contributed by atoms with E-state index in [1.54, 1.807) is 24.5 Å². The fraction of sp³-hybridized carbons (Fsp3) is 0.357. The molecule has 110 valence electrons. The molecule has 7 heteroatoms. The Balaban J connectivity index is 2.02. The van der Waals surface area contributed by atoms with E-state index < -0.39 is 11.9 Å². The highest BCUT2D eigenvalue weighted by molar-refractivity contribution is 5.31. The van der Waals surface area contributed by atoms with Crippen LogP contribution >= 0.6 is 0 Å². The second-order valence-electron chi connectivity index (χ2n) is 4.87. The Hall–Kier alpha value is -2.02. The highest BCUT2D eigenvalue weighted by Gasteiger charge is 2.37. The molecule has 1 aliphatic heterocycles. The van der Waals surface area contributed by atoms with Gasteiger partial charge in [0.15, 0.2) is 5.69 Å². The molecule has 0 atom stereocenters. The maximum absolute atomic E-state index is 13.2. The number of rotatable bonds is 2. The number of hydrogen-bond acceptors (Lipinski definition) is 4. The normalized spacial score (nSPS) is 14.8. The molecule has 0 spiro atoms. The Morgan fingerprint density at radius 3 is 2.62 bits per heavy atom. The molecule has 0 saturated heterocycles. The van der Waals surface area contributed by atoms with Gasteiger partial charge in [-0.3, -0.25) is 4.98 Å². The second kappa shape index (κ2) is 5.40. The topological polar surface area (TPSA) is 50.7 Å². The fourth-order valence-corrected chi connectivity index (χ4v) is 2.39. The molecule has 2 aromatic heterocycles. The van der Waals surface area contributed by atoms with Gasteiger partial charge in [0, 0.05) is 43.9 Å². The van der Waals surface area contributed by atoms with Crippen LogP contribution in [0, 0.1) is 0 Å². The first-order valence-corrected chi connectivity index (χ1v) is 6.59. The van der Waals surface area contributed by atoms with Gasteiger partial charge in [-0.2, -0.15) is 13.2 Å². The SMILES string of the molecule is FC(F)(F)c1nc(Cc2ccncc2)nc2c1CNCC2. The van der Waals surface area contributed by atoms with Crippen molar-refractivity contribution in [1.29, 1.82) is 0 Å². The van der Waals surface area contributed by atoms with E-state index in [2.05, 4.69) is 20.3 Å². The number of nitrogens with zero attached hydrogens (tertiary/aromatic N) is 3. The maximum atomic E-state index is 13.2. The second-order valence-corrected chi connectivity index (χ2v) is 4.87. The molecule has 3 heterocycles. The summed E-state index contributed by atoms with van der Waals surface area (Å²) in [4.78, 5) is 12.0. The van der Waals surface area contributed by atoms with Crippen molar-refractivity contribution >= 4 is 0 Å². The first kappa shape index (κ1) is 13.9. The number of fused-ring (bicyclic) bond motifs is 1. The van der Waals surface area contributed by atoms with E-state index in [-0.39, 0.29) is 24.4 Å². The van der Waals surface area contributed by atoms with Crippen LogP contribution in [0.15, 0.2) is 24.5 Å². The van der Waals surface area contributed by atoms with E-state index in [1.165, 1.54) is 0 Å². The zero-order valence-corrected chi connectivity index (χ0v) is 11.1. The lowest BCUT2D eigenvalue weighted by Gasteiger charge is -2.21. The summed E-state index contributed by atoms with van der Waals surface area (Å²) in [7, 11) is 0. The molecule has 0 aromatic carbocycles. The summed E-state index contributed by atoms with van der Waals surface area (Å²) in [5, 5.41) is 2.93. The third-order valence-electron chi connectivity index (χ3n) is 3.36. The Bertz CT molecular complexity index is 641. The minimum Gasteiger partial charge on any atom is -0.312 e. The molecule has 1 N–H and O–H groups in total. The number of nitrogens with one attached hydrogen (secondary N) is 1. The predicted molar refractivity (Wildman–Crippen MR) is 69.5 cm³/mol. The van der Waals surface area contributed by atoms with Crippen molar-refractivity contribution in [2.75, 3.05) is 6.54 Å². The molecule has 0 unspecified atom stereocenters. The summed E-state index contributed by atoms with van der Waals surface area (Å²) in [6.45, 7) is 0.801. The predicted octanol–water partition coefficient (Wildman–Crippen LogP) is 2.13. The summed E-state index contributed by atoms with van der Waals surface area (Å²) >= 11 is 0. The number of hydrogen-bond donors (Lipinski definition) is 1. The summed E-state index contributed by atoms with van der Waals surface area (Å²) in [6, 6.07) is 3.50. The zero-order chi connectivity index (χ0) is 14.9. The molecule has 0 bridgehead atoms. The lowest BCUT2D eigenvalue weighted by molar-refractivity contribution is -0.142. The molecule has 0 saturated carbocycles. The quantitative estimate of drug-likeness (QED) is 0.922. The molecular weight excluding hydrogens is 281 g/mol. The van der Waals surface area contributed by atoms with Gasteiger partial charge in [0.2, 0.25) is 0 Å². The monoisotopic (exact) mass is 294 g/mol. The Kier molecular flexibility index (Phi) is 3.59. The van der Waals surface area contributed by atoms with Gasteiger partial charge in [-0.1, -0.05) is 0 Å². The van der Waals surface area contributed by atoms with Gasteiger partial charge in [0.1, 0.15) is 5.82 Å². The first-order valence-electron chi connectivity index (χ1n) is 6.59. The lowest BCUT2D eigenvalue weighted by atomic mass is 10.0. The van der Waals surface area contributed by atoms with Crippen LogP contribution in [0.5, 0.6) is 0 Å². The minimum atomic E-state index is -4.46. The highest BCUT2D eigenvalue weighted by Crippen LogP contribution is 2.32. The van der Waals surface area contributed by atoms with Crippen molar-refractivity contribution in [3.05, 3.63) is 52.9 Å². The Morgan fingerprint density at radius 1 is 1.14 bits per heavy atom. The van der Waals surface area contributed by atoms with Gasteiger partial charge in [-0.25, -0.2) is 9.97 Å². The van der Waals surface area contributed by atoms with Crippen LogP contribution < -0.4 is 5.32 Å². The van der Waals surface area contributed by atoms with Crippen molar-refractivity contribution in [2.24, 2.45) is 0 Å². The average Bonchev–Trinajstić information content (AvgIpc) is 2.46. The molecule has 0 amide bonds. The molecule has 1 aliphatic rings. The third kappa shape index (κ3) is 3.02. The van der Waals surface area contributed by atoms with Crippen LogP contribution in [0.3, 0.4) is 0 Å². The van der Waals surface area contributed by atoms with Gasteiger partial charge in [0.05, 0.1) is 5.69 Å². The van der Waals surface area contributed by atoms with Gasteiger partial charge < -0.3 is 5.32 Å². The smallest absolute Gasteiger partial charge is 0.312 e. The van der Waals surface area contributed by atoms with Gasteiger partial charge in [0.25, 0.3) is 0 Å². The van der Waals surface area contributed by atoms with E-state index >= 15 is 0 Å². The van der Waals surface area contributed by atoms with Crippen LogP contribution in [-0.4, -0.2) is 21.5 Å². The molecule has 4 nitrogen and oxygen atoms in total. The number of alkyl halides is 3. The number of pyridine rings is 1. The molecule has 0 radical (unpaired) electrons. The first-order chi connectivity index (χ1) is 10.0. The van der Waals surface area contributed by atoms with E-state index in [0.29, 0.717) is 18.7 Å². The summed E-state index contributed by atoms with van der Waals surface area (Å²) in [6.07, 6.45) is -0.500. The van der Waals surface area contributed by atoms with Crippen LogP contribution in [0.2, 0.25) is 0 Å². The van der Waals surface area contributed by atoms with E-state index in [1.807, 2.05) is 0 Å². The number of aromatic nitrogens is 3. The van der Waals surface area contributed by atoms with E-state index in [0.717, 1.165) is 5.56 Å². The average molecular weight is 294 g/mol. The molecule has 0 fully saturated rings. The lowest BCUT2D eigenvalue weighted by Crippen LogP contribution is -2.29. The summed E-state index contributed by atoms with van der Waals surface area (Å²) in [5.74, 6) is 0.203. The number of halogens is 3. The van der Waals surface area contributed by atoms with Crippen LogP contribution in [0.25, 0.3) is 0 Å². The van der Waals surface area contributed by atoms with Crippen molar-refractivity contribution in [2.45, 2.75) is 25.6 Å². The van der Waals surface area contributed by atoms with Crippen LogP contribution in [0.4, 0.5) is 13.2 Å². The molecule has 3 rings (SSSR count). The molecular formula is C14H13F3N4. The van der Waals surface area contributed by atoms with Gasteiger partial charge in [-0.05, 0) is 17.7 Å². The maximum Gasteiger partial charge on any atom is 0.433 e. The third-order valence-corrected chi connectivity index (χ3v) is 3.36. The zero-order valence-electron chi connectivity index (χ0n) is 11.1. The fourth-order valence-electron chi connectivity index (χ4n) is 2.39. The Morgan fingerprint density at radius 2 is 1.90 bits per heavy atom. The molecule has 2 aromatic rings. The summed E-state index contributed by atoms with van der Waals surface area (Å²) in [5.41, 5.74) is 0.697. The van der Waals surface area contributed by atoms with Crippen molar-refractivity contribution in [3.63, 3.8) is 0 Å². The largest absolute Gasteiger partial charge is 0.433 e.